The van der Waals surface area contributed by atoms with Crippen LogP contribution in [0.5, 0.6) is 0 Å². The molecule has 2 amide bonds. The summed E-state index contributed by atoms with van der Waals surface area (Å²) in [6.45, 7) is 0. The van der Waals surface area contributed by atoms with E-state index in [2.05, 4.69) is 20.0 Å². The number of carbonyl (C=O) groups is 3. The zero-order valence-electron chi connectivity index (χ0n) is 21.9. The molecule has 0 radical (unpaired) electrons. The summed E-state index contributed by atoms with van der Waals surface area (Å²) in [6, 6.07) is 19.7. The first kappa shape index (κ1) is 28.9. The smallest absolute Gasteiger partial charge is 0.475 e. The van der Waals surface area contributed by atoms with Crippen molar-refractivity contribution in [2.75, 3.05) is 36.3 Å². The van der Waals surface area contributed by atoms with Crippen molar-refractivity contribution >= 4 is 46.3 Å². The quantitative estimate of drug-likeness (QED) is 0.284. The van der Waals surface area contributed by atoms with Gasteiger partial charge in [0.05, 0.1) is 18.1 Å². The van der Waals surface area contributed by atoms with E-state index >= 15 is 0 Å². The first-order valence-corrected chi connectivity index (χ1v) is 11.9. The molecule has 41 heavy (non-hydrogen) atoms. The lowest BCUT2D eigenvalue weighted by Crippen LogP contribution is -2.45. The van der Waals surface area contributed by atoms with Crippen LogP contribution in [0.4, 0.5) is 35.3 Å². The number of carbonyl (C=O) groups excluding carboxylic acids is 2. The molecule has 0 spiro atoms. The Morgan fingerprint density at radius 1 is 1.07 bits per heavy atom. The number of hydrogen-bond acceptors (Lipinski definition) is 7. The number of anilines is 3. The Hall–Kier alpha value is -5.11. The van der Waals surface area contributed by atoms with E-state index in [4.69, 9.17) is 9.90 Å². The highest BCUT2D eigenvalue weighted by atomic mass is 19.4. The van der Waals surface area contributed by atoms with E-state index in [0.29, 0.717) is 33.4 Å². The number of aromatic nitrogens is 2. The van der Waals surface area contributed by atoms with Gasteiger partial charge in [0.15, 0.2) is 5.72 Å². The monoisotopic (exact) mass is 571 g/mol. The molecular weight excluding hydrogens is 547 g/mol. The molecule has 1 aliphatic heterocycles. The molecule has 3 aromatic carbocycles. The number of carboxylic acids is 1. The molecule has 5 rings (SSSR count). The van der Waals surface area contributed by atoms with Gasteiger partial charge in [-0.25, -0.2) is 14.6 Å². The molecule has 0 saturated carbocycles. The SMILES string of the molecule is COC(=O)Nc1nc2ccc(C3(O)c4ccccc4C(=O)N3c3cccc(N(C)C)c3)cc2[nH]1.O=C(O)C(F)(F)F. The third kappa shape index (κ3) is 5.49. The summed E-state index contributed by atoms with van der Waals surface area (Å²) in [7, 11) is 5.09. The average Bonchev–Trinajstić information content (AvgIpc) is 3.44. The summed E-state index contributed by atoms with van der Waals surface area (Å²) < 4.78 is 36.3. The third-order valence-corrected chi connectivity index (χ3v) is 6.20. The number of methoxy groups -OCH3 is 1. The van der Waals surface area contributed by atoms with E-state index in [9.17, 15) is 27.9 Å². The molecule has 2 heterocycles. The van der Waals surface area contributed by atoms with E-state index in [0.717, 1.165) is 5.69 Å². The molecule has 1 unspecified atom stereocenters. The Labute approximate surface area is 230 Å². The van der Waals surface area contributed by atoms with Gasteiger partial charge in [0, 0.05) is 42.2 Å². The van der Waals surface area contributed by atoms with Crippen molar-refractivity contribution in [3.63, 3.8) is 0 Å². The number of fused-ring (bicyclic) bond motifs is 2. The molecule has 0 saturated heterocycles. The number of H-pyrrole nitrogens is 1. The number of ether oxygens (including phenoxy) is 1. The van der Waals surface area contributed by atoms with Crippen molar-refractivity contribution in [2.24, 2.45) is 0 Å². The summed E-state index contributed by atoms with van der Waals surface area (Å²) >= 11 is 0. The second-order valence-corrected chi connectivity index (χ2v) is 9.01. The van der Waals surface area contributed by atoms with Crippen molar-refractivity contribution in [3.8, 4) is 0 Å². The van der Waals surface area contributed by atoms with Crippen LogP contribution >= 0.6 is 0 Å². The number of amides is 2. The highest BCUT2D eigenvalue weighted by Crippen LogP contribution is 2.45. The molecule has 1 atom stereocenters. The largest absolute Gasteiger partial charge is 0.490 e. The Kier molecular flexibility index (Phi) is 7.61. The molecule has 4 N–H and O–H groups in total. The van der Waals surface area contributed by atoms with Crippen molar-refractivity contribution in [1.82, 2.24) is 9.97 Å². The van der Waals surface area contributed by atoms with Crippen LogP contribution in [0.25, 0.3) is 11.0 Å². The summed E-state index contributed by atoms with van der Waals surface area (Å²) in [5, 5.41) is 21.9. The lowest BCUT2D eigenvalue weighted by atomic mass is 9.93. The lowest BCUT2D eigenvalue weighted by molar-refractivity contribution is -0.192. The third-order valence-electron chi connectivity index (χ3n) is 6.20. The minimum atomic E-state index is -5.08. The molecular formula is C27H24F3N5O6. The molecule has 1 aromatic heterocycles. The molecule has 0 aliphatic carbocycles. The van der Waals surface area contributed by atoms with Crippen LogP contribution in [-0.2, 0) is 15.3 Å². The number of aliphatic hydroxyl groups is 1. The van der Waals surface area contributed by atoms with Gasteiger partial charge >= 0.3 is 18.2 Å². The molecule has 11 nitrogen and oxygen atoms in total. The first-order valence-electron chi connectivity index (χ1n) is 11.9. The zero-order valence-corrected chi connectivity index (χ0v) is 21.9. The number of aromatic amines is 1. The predicted octanol–water partition coefficient (Wildman–Crippen LogP) is 4.29. The van der Waals surface area contributed by atoms with Crippen molar-refractivity contribution in [1.29, 1.82) is 0 Å². The highest BCUT2D eigenvalue weighted by Gasteiger charge is 2.50. The van der Waals surface area contributed by atoms with Crippen LogP contribution in [0.1, 0.15) is 21.5 Å². The molecule has 14 heteroatoms. The number of hydrogen-bond donors (Lipinski definition) is 4. The highest BCUT2D eigenvalue weighted by molar-refractivity contribution is 6.12. The van der Waals surface area contributed by atoms with Crippen LogP contribution in [0, 0.1) is 0 Å². The topological polar surface area (TPSA) is 148 Å². The van der Waals surface area contributed by atoms with Gasteiger partial charge in [-0.3, -0.25) is 15.0 Å². The van der Waals surface area contributed by atoms with Gasteiger partial charge in [0.2, 0.25) is 5.95 Å². The van der Waals surface area contributed by atoms with E-state index in [-0.39, 0.29) is 11.9 Å². The molecule has 0 bridgehead atoms. The molecule has 0 fully saturated rings. The van der Waals surface area contributed by atoms with E-state index < -0.39 is 24.0 Å². The van der Waals surface area contributed by atoms with Crippen molar-refractivity contribution < 1.29 is 42.5 Å². The van der Waals surface area contributed by atoms with Crippen LogP contribution in [0.15, 0.2) is 66.7 Å². The number of aliphatic carboxylic acids is 1. The Bertz CT molecular complexity index is 1640. The normalized spacial score (nSPS) is 16.1. The van der Waals surface area contributed by atoms with Gasteiger partial charge in [0.1, 0.15) is 0 Å². The van der Waals surface area contributed by atoms with Gasteiger partial charge in [-0.05, 0) is 36.4 Å². The number of nitrogens with zero attached hydrogens (tertiary/aromatic N) is 3. The van der Waals surface area contributed by atoms with Crippen LogP contribution in [0.3, 0.4) is 0 Å². The molecule has 214 valence electrons. The predicted molar refractivity (Wildman–Crippen MR) is 143 cm³/mol. The fourth-order valence-electron chi connectivity index (χ4n) is 4.29. The van der Waals surface area contributed by atoms with Crippen LogP contribution in [-0.4, -0.2) is 65.5 Å². The summed E-state index contributed by atoms with van der Waals surface area (Å²) in [4.78, 5) is 44.7. The Morgan fingerprint density at radius 3 is 2.39 bits per heavy atom. The lowest BCUT2D eigenvalue weighted by Gasteiger charge is -2.35. The fraction of sp³-hybridized carbons (Fsp3) is 0.185. The number of rotatable bonds is 4. The maximum Gasteiger partial charge on any atom is 0.490 e. The average molecular weight is 572 g/mol. The van der Waals surface area contributed by atoms with Gasteiger partial charge in [-0.15, -0.1) is 0 Å². The van der Waals surface area contributed by atoms with Gasteiger partial charge in [-0.2, -0.15) is 13.2 Å². The van der Waals surface area contributed by atoms with Crippen molar-refractivity contribution in [3.05, 3.63) is 83.4 Å². The van der Waals surface area contributed by atoms with E-state index in [1.165, 1.54) is 12.0 Å². The minimum absolute atomic E-state index is 0.212. The fourth-order valence-corrected chi connectivity index (χ4v) is 4.29. The Morgan fingerprint density at radius 2 is 1.76 bits per heavy atom. The minimum Gasteiger partial charge on any atom is -0.475 e. The summed E-state index contributed by atoms with van der Waals surface area (Å²) in [5.74, 6) is -2.84. The number of carboxylic acid groups (broad SMARTS) is 1. The maximum atomic E-state index is 13.6. The number of imidazole rings is 1. The zero-order chi connectivity index (χ0) is 30.1. The summed E-state index contributed by atoms with van der Waals surface area (Å²) in [5.41, 5.74) is 2.25. The number of nitrogens with one attached hydrogen (secondary N) is 2. The second kappa shape index (κ2) is 10.8. The molecule has 4 aromatic rings. The number of halogens is 3. The van der Waals surface area contributed by atoms with Gasteiger partial charge in [0.25, 0.3) is 5.91 Å². The summed E-state index contributed by atoms with van der Waals surface area (Å²) in [6.07, 6.45) is -5.74. The van der Waals surface area contributed by atoms with Crippen molar-refractivity contribution in [2.45, 2.75) is 11.9 Å². The van der Waals surface area contributed by atoms with Gasteiger partial charge < -0.3 is 24.8 Å². The van der Waals surface area contributed by atoms with E-state index in [1.54, 1.807) is 48.5 Å². The first-order chi connectivity index (χ1) is 19.3. The Balaban J connectivity index is 0.000000493. The number of benzene rings is 3. The molecule has 1 aliphatic rings. The standard InChI is InChI=1S/C25H23N5O4.C2HF3O2/c1-29(2)16-7-6-8-17(14-16)30-22(31)18-9-4-5-10-19(18)25(30,33)15-11-12-20-21(13-15)27-23(26-20)28-24(32)34-3;3-2(4,5)1(6)7/h4-14,33H,1-3H3,(H2,26,27,28,32);(H,6,7). The van der Waals surface area contributed by atoms with Crippen LogP contribution in [0.2, 0.25) is 0 Å². The van der Waals surface area contributed by atoms with Gasteiger partial charge in [-0.1, -0.05) is 30.3 Å². The van der Waals surface area contributed by atoms with Crippen LogP contribution < -0.4 is 15.1 Å². The number of alkyl halides is 3. The second-order valence-electron chi connectivity index (χ2n) is 9.01. The van der Waals surface area contributed by atoms with E-state index in [1.807, 2.05) is 37.2 Å². The maximum absolute atomic E-state index is 13.6.